The zero-order valence-corrected chi connectivity index (χ0v) is 19.0. The predicted octanol–water partition coefficient (Wildman–Crippen LogP) is 6.27. The molecule has 1 amide bonds. The lowest BCUT2D eigenvalue weighted by molar-refractivity contribution is -0.117. The highest BCUT2D eigenvalue weighted by Crippen LogP contribution is 2.34. The highest BCUT2D eigenvalue weighted by Gasteiger charge is 2.23. The fourth-order valence-corrected chi connectivity index (χ4v) is 5.04. The van der Waals surface area contributed by atoms with Crippen molar-refractivity contribution in [2.24, 2.45) is 0 Å². The van der Waals surface area contributed by atoms with Gasteiger partial charge < -0.3 is 4.52 Å². The number of thiophene rings is 1. The number of thiazole rings is 1. The summed E-state index contributed by atoms with van der Waals surface area (Å²) in [5.41, 5.74) is 2.90. The van der Waals surface area contributed by atoms with Gasteiger partial charge in [0.05, 0.1) is 20.8 Å². The number of carbonyl (C=O) groups is 1. The van der Waals surface area contributed by atoms with Gasteiger partial charge in [-0.1, -0.05) is 53.7 Å². The second kappa shape index (κ2) is 9.02. The number of rotatable bonds is 7. The predicted molar refractivity (Wildman–Crippen MR) is 129 cm³/mol. The molecule has 160 valence electrons. The fraction of sp³-hybridized carbons (Fsp3) is 0.167. The summed E-state index contributed by atoms with van der Waals surface area (Å²) in [7, 11) is 0. The van der Waals surface area contributed by atoms with E-state index < -0.39 is 0 Å². The minimum atomic E-state index is -0.0656. The van der Waals surface area contributed by atoms with E-state index in [1.54, 1.807) is 16.2 Å². The maximum absolute atomic E-state index is 13.4. The molecule has 3 heterocycles. The highest BCUT2D eigenvalue weighted by molar-refractivity contribution is 7.22. The Kier molecular flexibility index (Phi) is 5.79. The summed E-state index contributed by atoms with van der Waals surface area (Å²) < 4.78 is 6.41. The van der Waals surface area contributed by atoms with E-state index in [0.29, 0.717) is 23.3 Å². The van der Waals surface area contributed by atoms with E-state index in [0.717, 1.165) is 27.2 Å². The Bertz CT molecular complexity index is 1310. The van der Waals surface area contributed by atoms with E-state index in [4.69, 9.17) is 9.51 Å². The molecule has 0 N–H and O–H groups in total. The van der Waals surface area contributed by atoms with Gasteiger partial charge in [-0.3, -0.25) is 9.69 Å². The van der Waals surface area contributed by atoms with Crippen LogP contribution in [0.3, 0.4) is 0 Å². The molecule has 0 fully saturated rings. The summed E-state index contributed by atoms with van der Waals surface area (Å²) >= 11 is 3.06. The lowest BCUT2D eigenvalue weighted by atomic mass is 10.1. The van der Waals surface area contributed by atoms with Gasteiger partial charge in [-0.2, -0.15) is 4.98 Å². The standard InChI is InChI=1S/C24H20N4O2S2/c1-2-16-9-11-17(12-10-16)28(24-25-18-6-3-4-7-19(18)32-24)22(29)14-13-21-26-23(27-30-21)20-8-5-15-31-20/h3-12,15H,2,13-14H2,1H3. The van der Waals surface area contributed by atoms with Crippen LogP contribution in [0, 0.1) is 0 Å². The summed E-state index contributed by atoms with van der Waals surface area (Å²) in [6.45, 7) is 2.11. The van der Waals surface area contributed by atoms with Crippen molar-refractivity contribution in [2.75, 3.05) is 4.90 Å². The lowest BCUT2D eigenvalue weighted by Crippen LogP contribution is -2.26. The number of para-hydroxylation sites is 1. The molecule has 5 rings (SSSR count). The Labute approximate surface area is 193 Å². The topological polar surface area (TPSA) is 72.1 Å². The van der Waals surface area contributed by atoms with Crippen LogP contribution in [0.5, 0.6) is 0 Å². The molecule has 0 bridgehead atoms. The average Bonchev–Trinajstić information content (AvgIpc) is 3.58. The van der Waals surface area contributed by atoms with Crippen molar-refractivity contribution in [3.8, 4) is 10.7 Å². The van der Waals surface area contributed by atoms with Crippen LogP contribution in [-0.2, 0) is 17.6 Å². The number of aromatic nitrogens is 3. The van der Waals surface area contributed by atoms with Crippen LogP contribution in [0.4, 0.5) is 10.8 Å². The van der Waals surface area contributed by atoms with Gasteiger partial charge >= 0.3 is 0 Å². The number of fused-ring (bicyclic) bond motifs is 1. The first-order chi connectivity index (χ1) is 15.7. The van der Waals surface area contributed by atoms with E-state index in [2.05, 4.69) is 17.1 Å². The van der Waals surface area contributed by atoms with Crippen LogP contribution in [0.25, 0.3) is 20.9 Å². The Morgan fingerprint density at radius 2 is 1.88 bits per heavy atom. The van der Waals surface area contributed by atoms with Crippen molar-refractivity contribution in [3.63, 3.8) is 0 Å². The second-order valence-corrected chi connectivity index (χ2v) is 9.16. The molecule has 5 aromatic rings. The lowest BCUT2D eigenvalue weighted by Gasteiger charge is -2.20. The summed E-state index contributed by atoms with van der Waals surface area (Å²) in [6.07, 6.45) is 1.54. The minimum absolute atomic E-state index is 0.0656. The fourth-order valence-electron chi connectivity index (χ4n) is 3.39. The molecule has 0 spiro atoms. The van der Waals surface area contributed by atoms with Crippen LogP contribution in [-0.4, -0.2) is 21.0 Å². The van der Waals surface area contributed by atoms with Crippen LogP contribution in [0.15, 0.2) is 70.6 Å². The number of anilines is 2. The summed E-state index contributed by atoms with van der Waals surface area (Å²) in [6, 6.07) is 19.9. The van der Waals surface area contributed by atoms with Crippen molar-refractivity contribution in [1.29, 1.82) is 0 Å². The van der Waals surface area contributed by atoms with E-state index in [9.17, 15) is 4.79 Å². The van der Waals surface area contributed by atoms with E-state index in [-0.39, 0.29) is 12.3 Å². The van der Waals surface area contributed by atoms with Gasteiger partial charge in [0.15, 0.2) is 5.13 Å². The third kappa shape index (κ3) is 4.19. The SMILES string of the molecule is CCc1ccc(N(C(=O)CCc2nc(-c3cccs3)no2)c2nc3ccccc3s2)cc1. The van der Waals surface area contributed by atoms with Crippen molar-refractivity contribution in [1.82, 2.24) is 15.1 Å². The number of hydrogen-bond donors (Lipinski definition) is 0. The number of aryl methyl sites for hydroxylation is 2. The molecule has 0 radical (unpaired) electrons. The zero-order chi connectivity index (χ0) is 21.9. The van der Waals surface area contributed by atoms with Crippen LogP contribution >= 0.6 is 22.7 Å². The monoisotopic (exact) mass is 460 g/mol. The molecule has 0 unspecified atom stereocenters. The van der Waals surface area contributed by atoms with Gasteiger partial charge in [-0.05, 0) is 47.7 Å². The van der Waals surface area contributed by atoms with Crippen molar-refractivity contribution >= 4 is 49.6 Å². The molecule has 0 saturated carbocycles. The quantitative estimate of drug-likeness (QED) is 0.286. The highest BCUT2D eigenvalue weighted by atomic mass is 32.1. The molecule has 0 aliphatic rings. The molecule has 0 aliphatic carbocycles. The maximum atomic E-state index is 13.4. The van der Waals surface area contributed by atoms with Crippen molar-refractivity contribution in [2.45, 2.75) is 26.2 Å². The molecule has 32 heavy (non-hydrogen) atoms. The number of amides is 1. The number of benzene rings is 2. The first-order valence-electron chi connectivity index (χ1n) is 10.3. The third-order valence-electron chi connectivity index (χ3n) is 5.09. The summed E-state index contributed by atoms with van der Waals surface area (Å²) in [5.74, 6) is 0.942. The molecule has 8 heteroatoms. The van der Waals surface area contributed by atoms with E-state index in [1.807, 2.05) is 66.0 Å². The second-order valence-electron chi connectivity index (χ2n) is 7.20. The smallest absolute Gasteiger partial charge is 0.233 e. The normalized spacial score (nSPS) is 11.2. The molecular weight excluding hydrogens is 440 g/mol. The molecule has 3 aromatic heterocycles. The van der Waals surface area contributed by atoms with Crippen LogP contribution in [0.2, 0.25) is 0 Å². The third-order valence-corrected chi connectivity index (χ3v) is 6.98. The van der Waals surface area contributed by atoms with Gasteiger partial charge in [0.25, 0.3) is 0 Å². The van der Waals surface area contributed by atoms with Crippen LogP contribution in [0.1, 0.15) is 24.8 Å². The van der Waals surface area contributed by atoms with Crippen molar-refractivity contribution in [3.05, 3.63) is 77.5 Å². The number of nitrogens with zero attached hydrogens (tertiary/aromatic N) is 4. The van der Waals surface area contributed by atoms with Gasteiger partial charge in [0.1, 0.15) is 0 Å². The number of hydrogen-bond acceptors (Lipinski definition) is 7. The van der Waals surface area contributed by atoms with Gasteiger partial charge in [0, 0.05) is 12.8 Å². The molecule has 6 nitrogen and oxygen atoms in total. The molecule has 0 saturated heterocycles. The minimum Gasteiger partial charge on any atom is -0.339 e. The molecule has 0 atom stereocenters. The number of carbonyl (C=O) groups excluding carboxylic acids is 1. The van der Waals surface area contributed by atoms with Gasteiger partial charge in [0.2, 0.25) is 17.6 Å². The zero-order valence-electron chi connectivity index (χ0n) is 17.4. The van der Waals surface area contributed by atoms with E-state index >= 15 is 0 Å². The van der Waals surface area contributed by atoms with Crippen molar-refractivity contribution < 1.29 is 9.32 Å². The Morgan fingerprint density at radius 1 is 1.03 bits per heavy atom. The summed E-state index contributed by atoms with van der Waals surface area (Å²) in [5, 5.41) is 6.66. The molecule has 0 aliphatic heterocycles. The van der Waals surface area contributed by atoms with Gasteiger partial charge in [-0.15, -0.1) is 11.3 Å². The molecular formula is C24H20N4O2S2. The van der Waals surface area contributed by atoms with E-state index in [1.165, 1.54) is 16.9 Å². The summed E-state index contributed by atoms with van der Waals surface area (Å²) in [4.78, 5) is 25.2. The Morgan fingerprint density at radius 3 is 2.62 bits per heavy atom. The first-order valence-corrected chi connectivity index (χ1v) is 12.0. The average molecular weight is 461 g/mol. The Hall–Kier alpha value is -3.36. The molecule has 2 aromatic carbocycles. The largest absolute Gasteiger partial charge is 0.339 e. The first kappa shape index (κ1) is 20.5. The van der Waals surface area contributed by atoms with Gasteiger partial charge in [-0.25, -0.2) is 4.98 Å². The maximum Gasteiger partial charge on any atom is 0.233 e. The van der Waals surface area contributed by atoms with Crippen LogP contribution < -0.4 is 4.90 Å². The Balaban J connectivity index is 1.41.